The highest BCUT2D eigenvalue weighted by molar-refractivity contribution is 7.09. The van der Waals surface area contributed by atoms with Gasteiger partial charge < -0.3 is 9.64 Å². The first kappa shape index (κ1) is 16.1. The molecule has 2 aromatic rings. The van der Waals surface area contributed by atoms with E-state index in [1.807, 2.05) is 36.1 Å². The molecule has 23 heavy (non-hydrogen) atoms. The molecule has 0 bridgehead atoms. The molecule has 1 aromatic carbocycles. The van der Waals surface area contributed by atoms with Crippen molar-refractivity contribution in [3.8, 4) is 0 Å². The van der Waals surface area contributed by atoms with Crippen molar-refractivity contribution in [2.75, 3.05) is 13.7 Å². The maximum atomic E-state index is 13.1. The van der Waals surface area contributed by atoms with Crippen LogP contribution in [0.4, 0.5) is 0 Å². The van der Waals surface area contributed by atoms with Crippen molar-refractivity contribution in [3.63, 3.8) is 0 Å². The first-order chi connectivity index (χ1) is 11.2. The maximum absolute atomic E-state index is 13.1. The summed E-state index contributed by atoms with van der Waals surface area (Å²) in [6.45, 7) is 3.25. The van der Waals surface area contributed by atoms with Crippen molar-refractivity contribution < 1.29 is 9.53 Å². The number of ether oxygens (including phenoxy) is 1. The summed E-state index contributed by atoms with van der Waals surface area (Å²) in [5.41, 5.74) is 2.72. The number of methoxy groups -OCH3 is 1. The van der Waals surface area contributed by atoms with E-state index in [-0.39, 0.29) is 11.9 Å². The number of carbonyl (C=O) groups excluding carboxylic acids is 1. The van der Waals surface area contributed by atoms with E-state index >= 15 is 0 Å². The molecule has 1 fully saturated rings. The Balaban J connectivity index is 1.90. The first-order valence-corrected chi connectivity index (χ1v) is 8.88. The number of thiazole rings is 1. The molecule has 1 saturated heterocycles. The van der Waals surface area contributed by atoms with Gasteiger partial charge in [0.1, 0.15) is 5.01 Å². The standard InChI is InChI=1S/C18H22N2O2S/c1-13-12-23-17(19-13)16-9-5-6-10-20(16)18(21)15-8-4-3-7-14(15)11-22-2/h3-4,7-8,12,16H,5-6,9-11H2,1-2H3/t16-/m0/s1. The summed E-state index contributed by atoms with van der Waals surface area (Å²) in [5.74, 6) is 0.0928. The number of nitrogens with zero attached hydrogens (tertiary/aromatic N) is 2. The van der Waals surface area contributed by atoms with Crippen LogP contribution in [0.2, 0.25) is 0 Å². The minimum Gasteiger partial charge on any atom is -0.380 e. The number of aromatic nitrogens is 1. The molecule has 1 amide bonds. The van der Waals surface area contributed by atoms with Crippen molar-refractivity contribution in [3.05, 3.63) is 51.5 Å². The fraction of sp³-hybridized carbons (Fsp3) is 0.444. The Kier molecular flexibility index (Phi) is 5.08. The number of carbonyl (C=O) groups is 1. The Labute approximate surface area is 141 Å². The molecule has 1 aliphatic rings. The van der Waals surface area contributed by atoms with Gasteiger partial charge in [0.15, 0.2) is 0 Å². The van der Waals surface area contributed by atoms with Crippen LogP contribution >= 0.6 is 11.3 Å². The lowest BCUT2D eigenvalue weighted by atomic mass is 9.99. The minimum atomic E-state index is 0.0928. The molecular weight excluding hydrogens is 308 g/mol. The van der Waals surface area contributed by atoms with E-state index in [1.54, 1.807) is 18.4 Å². The van der Waals surface area contributed by atoms with Crippen LogP contribution < -0.4 is 0 Å². The van der Waals surface area contributed by atoms with Crippen molar-refractivity contribution in [2.45, 2.75) is 38.8 Å². The highest BCUT2D eigenvalue weighted by Crippen LogP contribution is 2.34. The predicted octanol–water partition coefficient (Wildman–Crippen LogP) is 3.97. The normalized spacial score (nSPS) is 18.2. The first-order valence-electron chi connectivity index (χ1n) is 8.00. The fourth-order valence-corrected chi connectivity index (χ4v) is 4.06. The van der Waals surface area contributed by atoms with Gasteiger partial charge >= 0.3 is 0 Å². The zero-order chi connectivity index (χ0) is 16.2. The molecule has 4 nitrogen and oxygen atoms in total. The van der Waals surface area contributed by atoms with Gasteiger partial charge in [0.25, 0.3) is 5.91 Å². The lowest BCUT2D eigenvalue weighted by Crippen LogP contribution is -2.39. The lowest BCUT2D eigenvalue weighted by molar-refractivity contribution is 0.0606. The van der Waals surface area contributed by atoms with Crippen LogP contribution in [0.3, 0.4) is 0 Å². The van der Waals surface area contributed by atoms with E-state index in [1.165, 1.54) is 0 Å². The molecular formula is C18H22N2O2S. The highest BCUT2D eigenvalue weighted by atomic mass is 32.1. The summed E-state index contributed by atoms with van der Waals surface area (Å²) in [7, 11) is 1.66. The van der Waals surface area contributed by atoms with Crippen LogP contribution in [0.1, 0.15) is 51.9 Å². The van der Waals surface area contributed by atoms with E-state index in [2.05, 4.69) is 10.4 Å². The van der Waals surface area contributed by atoms with Crippen LogP contribution in [0.5, 0.6) is 0 Å². The van der Waals surface area contributed by atoms with E-state index in [9.17, 15) is 4.79 Å². The number of benzene rings is 1. The van der Waals surface area contributed by atoms with Crippen molar-refractivity contribution >= 4 is 17.2 Å². The number of hydrogen-bond donors (Lipinski definition) is 0. The zero-order valence-corrected chi connectivity index (χ0v) is 14.4. The molecule has 5 heteroatoms. The van der Waals surface area contributed by atoms with E-state index in [4.69, 9.17) is 4.74 Å². The smallest absolute Gasteiger partial charge is 0.254 e. The summed E-state index contributed by atoms with van der Waals surface area (Å²) in [6, 6.07) is 7.83. The Hall–Kier alpha value is -1.72. The van der Waals surface area contributed by atoms with Gasteiger partial charge in [0.05, 0.1) is 12.6 Å². The topological polar surface area (TPSA) is 42.4 Å². The molecule has 0 saturated carbocycles. The molecule has 1 aliphatic heterocycles. The summed E-state index contributed by atoms with van der Waals surface area (Å²) in [6.07, 6.45) is 3.19. The van der Waals surface area contributed by atoms with E-state index in [0.29, 0.717) is 6.61 Å². The number of piperidine rings is 1. The van der Waals surface area contributed by atoms with Gasteiger partial charge in [-0.2, -0.15) is 0 Å². The molecule has 1 aromatic heterocycles. The number of rotatable bonds is 4. The summed E-state index contributed by atoms with van der Waals surface area (Å²) in [5, 5.41) is 3.12. The Morgan fingerprint density at radius 1 is 1.39 bits per heavy atom. The van der Waals surface area contributed by atoms with Gasteiger partial charge in [-0.05, 0) is 37.8 Å². The molecule has 1 atom stereocenters. The Morgan fingerprint density at radius 2 is 2.22 bits per heavy atom. The third kappa shape index (κ3) is 3.46. The molecule has 0 spiro atoms. The summed E-state index contributed by atoms with van der Waals surface area (Å²) in [4.78, 5) is 19.7. The van der Waals surface area contributed by atoms with E-state index in [0.717, 1.165) is 47.6 Å². The third-order valence-electron chi connectivity index (χ3n) is 4.23. The van der Waals surface area contributed by atoms with Crippen LogP contribution in [0.25, 0.3) is 0 Å². The maximum Gasteiger partial charge on any atom is 0.254 e. The average Bonchev–Trinajstić information content (AvgIpc) is 3.01. The van der Waals surface area contributed by atoms with Gasteiger partial charge in [0.2, 0.25) is 0 Å². The minimum absolute atomic E-state index is 0.0928. The molecule has 0 unspecified atom stereocenters. The number of amides is 1. The third-order valence-corrected chi connectivity index (χ3v) is 5.30. The van der Waals surface area contributed by atoms with Gasteiger partial charge in [-0.25, -0.2) is 4.98 Å². The summed E-state index contributed by atoms with van der Waals surface area (Å²) >= 11 is 1.66. The van der Waals surface area contributed by atoms with Crippen LogP contribution in [0.15, 0.2) is 29.6 Å². The second-order valence-electron chi connectivity index (χ2n) is 5.93. The second kappa shape index (κ2) is 7.23. The van der Waals surface area contributed by atoms with Gasteiger partial charge in [-0.15, -0.1) is 11.3 Å². The van der Waals surface area contributed by atoms with Crippen LogP contribution in [-0.2, 0) is 11.3 Å². The van der Waals surface area contributed by atoms with Crippen molar-refractivity contribution in [1.29, 1.82) is 0 Å². The fourth-order valence-electron chi connectivity index (χ4n) is 3.12. The van der Waals surface area contributed by atoms with Crippen LogP contribution in [-0.4, -0.2) is 29.4 Å². The van der Waals surface area contributed by atoms with Crippen molar-refractivity contribution in [2.24, 2.45) is 0 Å². The Morgan fingerprint density at radius 3 is 2.96 bits per heavy atom. The molecule has 0 radical (unpaired) electrons. The SMILES string of the molecule is COCc1ccccc1C(=O)N1CCCC[C@H]1c1nc(C)cs1. The van der Waals surface area contributed by atoms with Gasteiger partial charge in [0, 0.05) is 30.3 Å². The van der Waals surface area contributed by atoms with Gasteiger partial charge in [-0.3, -0.25) is 4.79 Å². The van der Waals surface area contributed by atoms with E-state index < -0.39 is 0 Å². The quantitative estimate of drug-likeness (QED) is 0.852. The lowest BCUT2D eigenvalue weighted by Gasteiger charge is -2.35. The zero-order valence-electron chi connectivity index (χ0n) is 13.6. The number of likely N-dealkylation sites (tertiary alicyclic amines) is 1. The molecule has 0 N–H and O–H groups in total. The van der Waals surface area contributed by atoms with Crippen molar-refractivity contribution in [1.82, 2.24) is 9.88 Å². The predicted molar refractivity (Wildman–Crippen MR) is 91.6 cm³/mol. The Bertz CT molecular complexity index is 683. The molecule has 2 heterocycles. The second-order valence-corrected chi connectivity index (χ2v) is 6.82. The number of hydrogen-bond acceptors (Lipinski definition) is 4. The summed E-state index contributed by atoms with van der Waals surface area (Å²) < 4.78 is 5.24. The number of aryl methyl sites for hydroxylation is 1. The van der Waals surface area contributed by atoms with Gasteiger partial charge in [-0.1, -0.05) is 18.2 Å². The monoisotopic (exact) mass is 330 g/mol. The van der Waals surface area contributed by atoms with Crippen LogP contribution in [0, 0.1) is 6.92 Å². The molecule has 3 rings (SSSR count). The molecule has 122 valence electrons. The molecule has 0 aliphatic carbocycles. The largest absolute Gasteiger partial charge is 0.380 e. The average molecular weight is 330 g/mol. The highest BCUT2D eigenvalue weighted by Gasteiger charge is 2.31.